The third-order valence-electron chi connectivity index (χ3n) is 6.85. The van der Waals surface area contributed by atoms with Crippen LogP contribution in [-0.4, -0.2) is 62.8 Å². The molecule has 3 aromatic carbocycles. The number of carbonyl (C=O) groups is 1. The summed E-state index contributed by atoms with van der Waals surface area (Å²) < 4.78 is 11.8. The van der Waals surface area contributed by atoms with Gasteiger partial charge >= 0.3 is 0 Å². The van der Waals surface area contributed by atoms with Crippen LogP contribution in [-0.2, 0) is 4.74 Å². The van der Waals surface area contributed by atoms with Crippen molar-refractivity contribution in [2.24, 2.45) is 0 Å². The van der Waals surface area contributed by atoms with Gasteiger partial charge in [-0.25, -0.2) is 0 Å². The standard InChI is InChI=1S/C29H34N4O3/c1-21-12-13-33(27-5-3-2-4-26(27)31-21)29(34)23-8-11-25(22-6-9-24(30)10-7-22)28(20-23)36-19-16-32-14-17-35-18-15-32/h2-11,20-21,31H,12-19,30H2,1H3/t21-/m0/s1. The predicted molar refractivity (Wildman–Crippen MR) is 145 cm³/mol. The van der Waals surface area contributed by atoms with Crippen LogP contribution in [0.25, 0.3) is 11.1 Å². The first-order valence-electron chi connectivity index (χ1n) is 12.7. The van der Waals surface area contributed by atoms with Gasteiger partial charge < -0.3 is 25.4 Å². The molecule has 188 valence electrons. The third kappa shape index (κ3) is 5.48. The average Bonchev–Trinajstić information content (AvgIpc) is 3.07. The quantitative estimate of drug-likeness (QED) is 0.500. The van der Waals surface area contributed by atoms with E-state index in [9.17, 15) is 4.79 Å². The third-order valence-corrected chi connectivity index (χ3v) is 6.85. The molecule has 3 N–H and O–H groups in total. The molecule has 1 fully saturated rings. The van der Waals surface area contributed by atoms with Crippen molar-refractivity contribution in [3.8, 4) is 16.9 Å². The SMILES string of the molecule is C[C@H]1CCN(C(=O)c2ccc(-c3ccc(N)cc3)c(OCCN3CCOCC3)c2)c2ccccc2N1. The van der Waals surface area contributed by atoms with Crippen LogP contribution in [0.2, 0.25) is 0 Å². The predicted octanol–water partition coefficient (Wildman–Crippen LogP) is 4.50. The van der Waals surface area contributed by atoms with Gasteiger partial charge in [-0.1, -0.05) is 24.3 Å². The smallest absolute Gasteiger partial charge is 0.258 e. The summed E-state index contributed by atoms with van der Waals surface area (Å²) in [4.78, 5) is 18.0. The van der Waals surface area contributed by atoms with Crippen LogP contribution in [0, 0.1) is 0 Å². The molecule has 1 amide bonds. The number of fused-ring (bicyclic) bond motifs is 1. The van der Waals surface area contributed by atoms with E-state index in [0.29, 0.717) is 30.2 Å². The minimum atomic E-state index is -0.0276. The van der Waals surface area contributed by atoms with Gasteiger partial charge in [-0.2, -0.15) is 0 Å². The number of nitrogens with zero attached hydrogens (tertiary/aromatic N) is 2. The Kier molecular flexibility index (Phi) is 7.39. The lowest BCUT2D eigenvalue weighted by Gasteiger charge is -2.26. The molecule has 0 aliphatic carbocycles. The van der Waals surface area contributed by atoms with E-state index in [1.54, 1.807) is 0 Å². The van der Waals surface area contributed by atoms with Crippen molar-refractivity contribution in [2.75, 3.05) is 62.0 Å². The summed E-state index contributed by atoms with van der Waals surface area (Å²) in [6.45, 7) is 7.47. The summed E-state index contributed by atoms with van der Waals surface area (Å²) in [6.07, 6.45) is 0.868. The number of nitrogens with one attached hydrogen (secondary N) is 1. The van der Waals surface area contributed by atoms with Crippen LogP contribution in [0.5, 0.6) is 5.75 Å². The number of ether oxygens (including phenoxy) is 2. The molecule has 0 spiro atoms. The van der Waals surface area contributed by atoms with Gasteiger partial charge in [0.05, 0.1) is 24.6 Å². The zero-order valence-corrected chi connectivity index (χ0v) is 20.8. The molecular formula is C29H34N4O3. The van der Waals surface area contributed by atoms with Crippen molar-refractivity contribution in [2.45, 2.75) is 19.4 Å². The molecule has 0 bridgehead atoms. The molecular weight excluding hydrogens is 452 g/mol. The summed E-state index contributed by atoms with van der Waals surface area (Å²) in [5.74, 6) is 0.675. The van der Waals surface area contributed by atoms with Gasteiger partial charge in [0.15, 0.2) is 0 Å². The number of para-hydroxylation sites is 2. The molecule has 1 saturated heterocycles. The molecule has 2 aliphatic rings. The van der Waals surface area contributed by atoms with E-state index in [1.165, 1.54) is 0 Å². The normalized spacial score (nSPS) is 18.1. The highest BCUT2D eigenvalue weighted by molar-refractivity contribution is 6.08. The lowest BCUT2D eigenvalue weighted by Crippen LogP contribution is -2.38. The minimum absolute atomic E-state index is 0.0276. The number of hydrogen-bond donors (Lipinski definition) is 2. The second kappa shape index (κ2) is 11.0. The lowest BCUT2D eigenvalue weighted by atomic mass is 10.0. The fourth-order valence-corrected chi connectivity index (χ4v) is 4.76. The number of morpholine rings is 1. The van der Waals surface area contributed by atoms with E-state index in [-0.39, 0.29) is 11.9 Å². The van der Waals surface area contributed by atoms with Crippen LogP contribution < -0.4 is 20.7 Å². The highest BCUT2D eigenvalue weighted by Crippen LogP contribution is 2.34. The summed E-state index contributed by atoms with van der Waals surface area (Å²) >= 11 is 0. The monoisotopic (exact) mass is 486 g/mol. The Balaban J connectivity index is 1.43. The van der Waals surface area contributed by atoms with Crippen LogP contribution in [0.4, 0.5) is 17.1 Å². The number of hydrogen-bond acceptors (Lipinski definition) is 6. The Labute approximate surface area is 212 Å². The fraction of sp³-hybridized carbons (Fsp3) is 0.345. The van der Waals surface area contributed by atoms with Gasteiger partial charge in [0, 0.05) is 49.0 Å². The zero-order valence-electron chi connectivity index (χ0n) is 20.8. The Hall–Kier alpha value is -3.55. The summed E-state index contributed by atoms with van der Waals surface area (Å²) in [6, 6.07) is 21.8. The summed E-state index contributed by atoms with van der Waals surface area (Å²) in [5.41, 5.74) is 11.1. The van der Waals surface area contributed by atoms with Gasteiger partial charge in [0.25, 0.3) is 5.91 Å². The van der Waals surface area contributed by atoms with E-state index in [0.717, 1.165) is 61.8 Å². The molecule has 0 saturated carbocycles. The van der Waals surface area contributed by atoms with Crippen molar-refractivity contribution >= 4 is 23.0 Å². The van der Waals surface area contributed by atoms with Crippen LogP contribution in [0.3, 0.4) is 0 Å². The number of anilines is 3. The van der Waals surface area contributed by atoms with Crippen molar-refractivity contribution in [1.82, 2.24) is 4.90 Å². The maximum atomic E-state index is 13.8. The first kappa shape index (κ1) is 24.2. The highest BCUT2D eigenvalue weighted by atomic mass is 16.5. The Morgan fingerprint density at radius 2 is 1.83 bits per heavy atom. The van der Waals surface area contributed by atoms with Crippen molar-refractivity contribution in [3.05, 3.63) is 72.3 Å². The zero-order chi connectivity index (χ0) is 24.9. The van der Waals surface area contributed by atoms with E-state index in [4.69, 9.17) is 15.2 Å². The maximum absolute atomic E-state index is 13.8. The molecule has 0 unspecified atom stereocenters. The summed E-state index contributed by atoms with van der Waals surface area (Å²) in [5, 5.41) is 3.52. The number of nitrogens with two attached hydrogens (primary N) is 1. The lowest BCUT2D eigenvalue weighted by molar-refractivity contribution is 0.0323. The average molecular weight is 487 g/mol. The first-order valence-corrected chi connectivity index (χ1v) is 12.7. The van der Waals surface area contributed by atoms with Crippen LogP contribution >= 0.6 is 0 Å². The van der Waals surface area contributed by atoms with E-state index >= 15 is 0 Å². The van der Waals surface area contributed by atoms with E-state index < -0.39 is 0 Å². The molecule has 36 heavy (non-hydrogen) atoms. The van der Waals surface area contributed by atoms with Crippen molar-refractivity contribution in [1.29, 1.82) is 0 Å². The molecule has 0 aromatic heterocycles. The molecule has 5 rings (SSSR count). The van der Waals surface area contributed by atoms with Crippen molar-refractivity contribution < 1.29 is 14.3 Å². The van der Waals surface area contributed by atoms with Gasteiger partial charge in [0.1, 0.15) is 12.4 Å². The topological polar surface area (TPSA) is 80.1 Å². The van der Waals surface area contributed by atoms with Gasteiger partial charge in [0.2, 0.25) is 0 Å². The number of benzene rings is 3. The van der Waals surface area contributed by atoms with E-state index in [1.807, 2.05) is 71.6 Å². The van der Waals surface area contributed by atoms with Gasteiger partial charge in [-0.05, 0) is 61.4 Å². The number of amides is 1. The first-order chi connectivity index (χ1) is 17.6. The van der Waals surface area contributed by atoms with Crippen molar-refractivity contribution in [3.63, 3.8) is 0 Å². The highest BCUT2D eigenvalue weighted by Gasteiger charge is 2.25. The minimum Gasteiger partial charge on any atom is -0.492 e. The fourth-order valence-electron chi connectivity index (χ4n) is 4.76. The molecule has 2 aliphatic heterocycles. The van der Waals surface area contributed by atoms with E-state index in [2.05, 4.69) is 17.1 Å². The number of nitrogen functional groups attached to an aromatic ring is 1. The maximum Gasteiger partial charge on any atom is 0.258 e. The molecule has 7 heteroatoms. The number of rotatable bonds is 6. The second-order valence-corrected chi connectivity index (χ2v) is 9.44. The largest absolute Gasteiger partial charge is 0.492 e. The summed E-state index contributed by atoms with van der Waals surface area (Å²) in [7, 11) is 0. The molecule has 1 atom stereocenters. The molecule has 7 nitrogen and oxygen atoms in total. The molecule has 2 heterocycles. The Bertz CT molecular complexity index is 1190. The molecule has 0 radical (unpaired) electrons. The van der Waals surface area contributed by atoms with Gasteiger partial charge in [-0.15, -0.1) is 0 Å². The Morgan fingerprint density at radius 1 is 1.06 bits per heavy atom. The second-order valence-electron chi connectivity index (χ2n) is 9.44. The Morgan fingerprint density at radius 3 is 2.64 bits per heavy atom. The van der Waals surface area contributed by atoms with Crippen LogP contribution in [0.15, 0.2) is 66.7 Å². The van der Waals surface area contributed by atoms with Crippen LogP contribution in [0.1, 0.15) is 23.7 Å². The molecule has 3 aromatic rings. The van der Waals surface area contributed by atoms with Gasteiger partial charge in [-0.3, -0.25) is 9.69 Å². The number of carbonyl (C=O) groups excluding carboxylic acids is 1.